The molecule has 1 heterocycles. The first-order chi connectivity index (χ1) is 9.78. The van der Waals surface area contributed by atoms with E-state index in [0.717, 1.165) is 0 Å². The van der Waals surface area contributed by atoms with Crippen molar-refractivity contribution < 1.29 is 18.3 Å². The lowest BCUT2D eigenvalue weighted by Gasteiger charge is -2.36. The van der Waals surface area contributed by atoms with Crippen LogP contribution >= 0.6 is 36.4 Å². The van der Waals surface area contributed by atoms with Crippen LogP contribution in [-0.4, -0.2) is 42.4 Å². The Hall–Kier alpha value is -0.400. The number of halogens is 6. The zero-order valence-electron chi connectivity index (χ0n) is 12.5. The van der Waals surface area contributed by atoms with Crippen molar-refractivity contribution in [3.8, 4) is 5.75 Å². The van der Waals surface area contributed by atoms with E-state index in [1.807, 2.05) is 0 Å². The van der Waals surface area contributed by atoms with Crippen molar-refractivity contribution >= 4 is 36.4 Å². The number of aromatic hydroxyl groups is 1. The van der Waals surface area contributed by atoms with E-state index in [1.54, 1.807) is 17.9 Å². The van der Waals surface area contributed by atoms with Gasteiger partial charge >= 0.3 is 6.18 Å². The van der Waals surface area contributed by atoms with Gasteiger partial charge in [-0.05, 0) is 24.6 Å². The topological polar surface area (TPSA) is 35.5 Å². The minimum Gasteiger partial charge on any atom is -0.507 e. The van der Waals surface area contributed by atoms with Gasteiger partial charge in [-0.3, -0.25) is 4.90 Å². The van der Waals surface area contributed by atoms with E-state index >= 15 is 0 Å². The Labute approximate surface area is 151 Å². The molecule has 0 spiro atoms. The molecule has 0 aromatic heterocycles. The van der Waals surface area contributed by atoms with E-state index in [0.29, 0.717) is 36.8 Å². The summed E-state index contributed by atoms with van der Waals surface area (Å²) < 4.78 is 38.8. The van der Waals surface area contributed by atoms with Crippen LogP contribution in [0.1, 0.15) is 23.6 Å². The number of aryl methyl sites for hydroxylation is 1. The summed E-state index contributed by atoms with van der Waals surface area (Å²) in [5.74, 6) is -0.104. The lowest BCUT2D eigenvalue weighted by Crippen LogP contribution is -2.46. The van der Waals surface area contributed by atoms with Crippen molar-refractivity contribution in [1.82, 2.24) is 10.2 Å². The fraction of sp³-hybridized carbons (Fsp3) is 0.571. The molecule has 2 rings (SSSR count). The summed E-state index contributed by atoms with van der Waals surface area (Å²) in [5, 5.41) is 13.6. The summed E-state index contributed by atoms with van der Waals surface area (Å²) in [6.07, 6.45) is -5.31. The zero-order valence-corrected chi connectivity index (χ0v) is 14.9. The lowest BCUT2D eigenvalue weighted by molar-refractivity contribution is -0.148. The predicted molar refractivity (Wildman–Crippen MR) is 90.2 cm³/mol. The molecule has 0 aliphatic carbocycles. The molecule has 134 valence electrons. The highest BCUT2D eigenvalue weighted by molar-refractivity contribution is 6.30. The SMILES string of the molecule is Cc1cc(Cl)cc([C@@H](CC(F)(F)F)N2CCNCC2)c1O.Cl.Cl. The molecular formula is C14H20Cl3F3N2O. The number of alkyl halides is 3. The van der Waals surface area contributed by atoms with Crippen molar-refractivity contribution in [2.75, 3.05) is 26.2 Å². The van der Waals surface area contributed by atoms with Gasteiger partial charge in [-0.1, -0.05) is 11.6 Å². The molecule has 0 saturated carbocycles. The monoisotopic (exact) mass is 394 g/mol. The van der Waals surface area contributed by atoms with Crippen LogP contribution in [0.25, 0.3) is 0 Å². The highest BCUT2D eigenvalue weighted by Gasteiger charge is 2.37. The second kappa shape index (κ2) is 9.18. The van der Waals surface area contributed by atoms with E-state index in [9.17, 15) is 18.3 Å². The molecule has 9 heteroatoms. The molecule has 1 fully saturated rings. The van der Waals surface area contributed by atoms with Crippen molar-refractivity contribution in [2.45, 2.75) is 25.6 Å². The Morgan fingerprint density at radius 2 is 1.83 bits per heavy atom. The van der Waals surface area contributed by atoms with E-state index in [1.165, 1.54) is 6.07 Å². The van der Waals surface area contributed by atoms with E-state index in [4.69, 9.17) is 11.6 Å². The summed E-state index contributed by atoms with van der Waals surface area (Å²) in [6.45, 7) is 3.91. The fourth-order valence-corrected chi connectivity index (χ4v) is 2.95. The van der Waals surface area contributed by atoms with Crippen molar-refractivity contribution in [2.24, 2.45) is 0 Å². The summed E-state index contributed by atoms with van der Waals surface area (Å²) in [6, 6.07) is 2.06. The van der Waals surface area contributed by atoms with E-state index in [2.05, 4.69) is 5.32 Å². The number of benzene rings is 1. The Morgan fingerprint density at radius 3 is 2.35 bits per heavy atom. The molecule has 1 atom stereocenters. The van der Waals surface area contributed by atoms with Gasteiger partial charge in [-0.25, -0.2) is 0 Å². The first-order valence-electron chi connectivity index (χ1n) is 6.78. The number of rotatable bonds is 3. The molecule has 1 aliphatic heterocycles. The molecule has 3 nitrogen and oxygen atoms in total. The van der Waals surface area contributed by atoms with Crippen LogP contribution in [-0.2, 0) is 0 Å². The van der Waals surface area contributed by atoms with Crippen LogP contribution in [0.5, 0.6) is 5.75 Å². The van der Waals surface area contributed by atoms with Crippen LogP contribution in [0.15, 0.2) is 12.1 Å². The number of nitrogens with zero attached hydrogens (tertiary/aromatic N) is 1. The normalized spacial score (nSPS) is 17.1. The summed E-state index contributed by atoms with van der Waals surface area (Å²) >= 11 is 5.95. The van der Waals surface area contributed by atoms with Crippen LogP contribution in [0.3, 0.4) is 0 Å². The van der Waals surface area contributed by atoms with Gasteiger partial charge in [0.1, 0.15) is 5.75 Å². The second-order valence-corrected chi connectivity index (χ2v) is 5.72. The third-order valence-electron chi connectivity index (χ3n) is 3.67. The summed E-state index contributed by atoms with van der Waals surface area (Å²) in [7, 11) is 0. The number of phenolic OH excluding ortho intramolecular Hbond substituents is 1. The smallest absolute Gasteiger partial charge is 0.390 e. The van der Waals surface area contributed by atoms with Crippen molar-refractivity contribution in [3.05, 3.63) is 28.3 Å². The second-order valence-electron chi connectivity index (χ2n) is 5.28. The average molecular weight is 396 g/mol. The maximum atomic E-state index is 12.9. The molecule has 0 amide bonds. The van der Waals surface area contributed by atoms with Gasteiger partial charge in [0.2, 0.25) is 0 Å². The van der Waals surface area contributed by atoms with Gasteiger partial charge in [0.25, 0.3) is 0 Å². The van der Waals surface area contributed by atoms with E-state index < -0.39 is 18.6 Å². The van der Waals surface area contributed by atoms with Crippen LogP contribution in [0.2, 0.25) is 5.02 Å². The number of nitrogens with one attached hydrogen (secondary N) is 1. The minimum absolute atomic E-state index is 0. The minimum atomic E-state index is -4.31. The number of phenols is 1. The number of hydrogen-bond acceptors (Lipinski definition) is 3. The van der Waals surface area contributed by atoms with Gasteiger partial charge < -0.3 is 10.4 Å². The molecule has 1 aromatic rings. The third kappa shape index (κ3) is 6.19. The lowest BCUT2D eigenvalue weighted by atomic mass is 9.97. The Balaban J connectivity index is 0.00000242. The summed E-state index contributed by atoms with van der Waals surface area (Å²) in [4.78, 5) is 1.74. The zero-order chi connectivity index (χ0) is 15.6. The molecule has 1 saturated heterocycles. The molecule has 2 N–H and O–H groups in total. The molecular weight excluding hydrogens is 376 g/mol. The van der Waals surface area contributed by atoms with Gasteiger partial charge in [0, 0.05) is 42.8 Å². The van der Waals surface area contributed by atoms with E-state index in [-0.39, 0.29) is 36.1 Å². The number of hydrogen-bond donors (Lipinski definition) is 2. The predicted octanol–water partition coefficient (Wildman–Crippen LogP) is 4.10. The van der Waals surface area contributed by atoms with Crippen LogP contribution in [0.4, 0.5) is 13.2 Å². The molecule has 0 radical (unpaired) electrons. The molecule has 23 heavy (non-hydrogen) atoms. The molecule has 0 unspecified atom stereocenters. The first-order valence-corrected chi connectivity index (χ1v) is 7.16. The van der Waals surface area contributed by atoms with Crippen LogP contribution < -0.4 is 5.32 Å². The Kier molecular flexibility index (Phi) is 9.02. The maximum absolute atomic E-state index is 12.9. The van der Waals surface area contributed by atoms with Gasteiger partial charge in [-0.2, -0.15) is 13.2 Å². The highest BCUT2D eigenvalue weighted by Crippen LogP contribution is 2.40. The quantitative estimate of drug-likeness (QED) is 0.809. The standard InChI is InChI=1S/C14H18ClF3N2O.2ClH/c1-9-6-10(15)7-11(13(9)21)12(8-14(16,17)18)20-4-2-19-3-5-20;;/h6-7,12,19,21H,2-5,8H2,1H3;2*1H/t12-;;/m1../s1. The first kappa shape index (κ1) is 22.6. The van der Waals surface area contributed by atoms with Crippen LogP contribution in [0, 0.1) is 6.92 Å². The van der Waals surface area contributed by atoms with Crippen molar-refractivity contribution in [1.29, 1.82) is 0 Å². The number of piperazine rings is 1. The average Bonchev–Trinajstić information content (AvgIpc) is 2.40. The molecule has 0 bridgehead atoms. The molecule has 1 aliphatic rings. The summed E-state index contributed by atoms with van der Waals surface area (Å²) in [5.41, 5.74) is 0.735. The third-order valence-corrected chi connectivity index (χ3v) is 3.89. The Bertz CT molecular complexity index is 509. The molecule has 1 aromatic carbocycles. The fourth-order valence-electron chi connectivity index (χ4n) is 2.66. The maximum Gasteiger partial charge on any atom is 0.390 e. The van der Waals surface area contributed by atoms with Gasteiger partial charge in [-0.15, -0.1) is 24.8 Å². The van der Waals surface area contributed by atoms with Gasteiger partial charge in [0.15, 0.2) is 0 Å². The highest BCUT2D eigenvalue weighted by atomic mass is 35.5. The van der Waals surface area contributed by atoms with Gasteiger partial charge in [0.05, 0.1) is 6.42 Å². The largest absolute Gasteiger partial charge is 0.507 e. The van der Waals surface area contributed by atoms with Crippen molar-refractivity contribution in [3.63, 3.8) is 0 Å². The Morgan fingerprint density at radius 1 is 1.26 bits per heavy atom.